The molecule has 0 aliphatic rings. The number of allylic oxidation sites excluding steroid dienone is 3. The standard InChI is InChI=1S/C23H27NO3/c1-4-6-7-18-15-19(23(16-22(18)26)27-14-5-2)10-13-21(25)17-8-11-20(24-3)12-9-17/h4,6,8-13,15-16,24,26H,5,7,14H2,1-3H3. The second kappa shape index (κ2) is 10.2. The van der Waals surface area contributed by atoms with Crippen LogP contribution >= 0.6 is 0 Å². The van der Waals surface area contributed by atoms with E-state index >= 15 is 0 Å². The molecule has 0 aliphatic carbocycles. The molecule has 0 aliphatic heterocycles. The predicted molar refractivity (Wildman–Crippen MR) is 112 cm³/mol. The first-order valence-electron chi connectivity index (χ1n) is 9.19. The fraction of sp³-hybridized carbons (Fsp3) is 0.261. The number of phenols is 1. The molecule has 0 saturated heterocycles. The van der Waals surface area contributed by atoms with Gasteiger partial charge in [-0.3, -0.25) is 4.79 Å². The first kappa shape index (κ1) is 20.3. The van der Waals surface area contributed by atoms with Gasteiger partial charge in [-0.25, -0.2) is 0 Å². The Hall–Kier alpha value is -3.01. The number of ether oxygens (including phenoxy) is 1. The molecular formula is C23H27NO3. The fourth-order valence-corrected chi connectivity index (χ4v) is 2.57. The van der Waals surface area contributed by atoms with Gasteiger partial charge in [0, 0.05) is 29.9 Å². The minimum absolute atomic E-state index is 0.0813. The van der Waals surface area contributed by atoms with Crippen molar-refractivity contribution in [3.05, 3.63) is 71.3 Å². The fourth-order valence-electron chi connectivity index (χ4n) is 2.57. The van der Waals surface area contributed by atoms with Gasteiger partial charge in [-0.05, 0) is 67.8 Å². The van der Waals surface area contributed by atoms with Gasteiger partial charge in [-0.15, -0.1) is 0 Å². The van der Waals surface area contributed by atoms with Crippen LogP contribution < -0.4 is 10.1 Å². The van der Waals surface area contributed by atoms with Crippen molar-refractivity contribution in [2.45, 2.75) is 26.7 Å². The molecule has 0 spiro atoms. The molecule has 0 aromatic heterocycles. The van der Waals surface area contributed by atoms with Crippen LogP contribution in [0.25, 0.3) is 6.08 Å². The van der Waals surface area contributed by atoms with Crippen LogP contribution in [0, 0.1) is 0 Å². The van der Waals surface area contributed by atoms with E-state index in [0.29, 0.717) is 24.3 Å². The molecule has 0 fully saturated rings. The Morgan fingerprint density at radius 2 is 1.96 bits per heavy atom. The van der Waals surface area contributed by atoms with Gasteiger partial charge in [0.15, 0.2) is 5.78 Å². The second-order valence-electron chi connectivity index (χ2n) is 6.17. The summed E-state index contributed by atoms with van der Waals surface area (Å²) >= 11 is 0. The number of rotatable bonds is 9. The first-order valence-corrected chi connectivity index (χ1v) is 9.19. The third kappa shape index (κ3) is 5.74. The highest BCUT2D eigenvalue weighted by molar-refractivity contribution is 6.07. The Bertz CT molecular complexity index is 820. The molecular weight excluding hydrogens is 338 g/mol. The lowest BCUT2D eigenvalue weighted by Gasteiger charge is -2.12. The van der Waals surface area contributed by atoms with Crippen molar-refractivity contribution in [2.24, 2.45) is 0 Å². The summed E-state index contributed by atoms with van der Waals surface area (Å²) in [5.41, 5.74) is 3.15. The summed E-state index contributed by atoms with van der Waals surface area (Å²) < 4.78 is 5.75. The van der Waals surface area contributed by atoms with Crippen molar-refractivity contribution in [2.75, 3.05) is 19.0 Å². The van der Waals surface area contributed by atoms with Gasteiger partial charge in [0.1, 0.15) is 11.5 Å². The van der Waals surface area contributed by atoms with Gasteiger partial charge in [-0.1, -0.05) is 19.1 Å². The Labute approximate surface area is 161 Å². The summed E-state index contributed by atoms with van der Waals surface area (Å²) in [6.45, 7) is 4.51. The van der Waals surface area contributed by atoms with Crippen molar-refractivity contribution in [3.8, 4) is 11.5 Å². The Balaban J connectivity index is 2.29. The lowest BCUT2D eigenvalue weighted by Crippen LogP contribution is -1.99. The highest BCUT2D eigenvalue weighted by Crippen LogP contribution is 2.30. The quantitative estimate of drug-likeness (QED) is 0.363. The highest BCUT2D eigenvalue weighted by Gasteiger charge is 2.09. The van der Waals surface area contributed by atoms with Crippen LogP contribution in [-0.4, -0.2) is 24.5 Å². The smallest absolute Gasteiger partial charge is 0.185 e. The number of aromatic hydroxyl groups is 1. The zero-order valence-electron chi connectivity index (χ0n) is 16.2. The van der Waals surface area contributed by atoms with E-state index in [-0.39, 0.29) is 11.5 Å². The molecule has 2 aromatic rings. The zero-order valence-corrected chi connectivity index (χ0v) is 16.2. The zero-order chi connectivity index (χ0) is 19.6. The number of anilines is 1. The normalized spacial score (nSPS) is 11.2. The monoisotopic (exact) mass is 365 g/mol. The Morgan fingerprint density at radius 1 is 1.22 bits per heavy atom. The number of carbonyl (C=O) groups is 1. The lowest BCUT2D eigenvalue weighted by atomic mass is 10.0. The molecule has 4 heteroatoms. The van der Waals surface area contributed by atoms with E-state index in [9.17, 15) is 9.90 Å². The summed E-state index contributed by atoms with van der Waals surface area (Å²) in [4.78, 5) is 12.5. The van der Waals surface area contributed by atoms with Crippen molar-refractivity contribution in [1.82, 2.24) is 0 Å². The molecule has 2 N–H and O–H groups in total. The maximum atomic E-state index is 12.5. The SMILES string of the molecule is CC=CCc1cc(C=CC(=O)c2ccc(NC)cc2)c(OCCC)cc1O. The van der Waals surface area contributed by atoms with Crippen LogP contribution in [0.4, 0.5) is 5.69 Å². The number of phenolic OH excluding ortho intramolecular Hbond substituents is 1. The van der Waals surface area contributed by atoms with Gasteiger partial charge in [-0.2, -0.15) is 0 Å². The number of hydrogen-bond donors (Lipinski definition) is 2. The molecule has 0 atom stereocenters. The first-order chi connectivity index (χ1) is 13.1. The molecule has 142 valence electrons. The Morgan fingerprint density at radius 3 is 2.59 bits per heavy atom. The summed E-state index contributed by atoms with van der Waals surface area (Å²) in [5.74, 6) is 0.695. The summed E-state index contributed by atoms with van der Waals surface area (Å²) in [6.07, 6.45) is 8.69. The number of hydrogen-bond acceptors (Lipinski definition) is 4. The minimum Gasteiger partial charge on any atom is -0.508 e. The molecule has 0 bridgehead atoms. The van der Waals surface area contributed by atoms with Crippen LogP contribution in [0.2, 0.25) is 0 Å². The molecule has 0 amide bonds. The molecule has 2 rings (SSSR count). The van der Waals surface area contributed by atoms with E-state index in [4.69, 9.17) is 4.74 Å². The van der Waals surface area contributed by atoms with E-state index in [1.54, 1.807) is 30.4 Å². The summed E-state index contributed by atoms with van der Waals surface area (Å²) in [7, 11) is 1.84. The maximum absolute atomic E-state index is 12.5. The molecule has 27 heavy (non-hydrogen) atoms. The van der Waals surface area contributed by atoms with Crippen molar-refractivity contribution >= 4 is 17.5 Å². The molecule has 0 unspecified atom stereocenters. The third-order valence-corrected chi connectivity index (χ3v) is 4.12. The topological polar surface area (TPSA) is 58.6 Å². The molecule has 0 radical (unpaired) electrons. The number of carbonyl (C=O) groups excluding carboxylic acids is 1. The largest absolute Gasteiger partial charge is 0.508 e. The van der Waals surface area contributed by atoms with Crippen molar-refractivity contribution in [3.63, 3.8) is 0 Å². The number of benzene rings is 2. The van der Waals surface area contributed by atoms with Crippen LogP contribution in [0.1, 0.15) is 41.8 Å². The van der Waals surface area contributed by atoms with Gasteiger partial charge in [0.2, 0.25) is 0 Å². The van der Waals surface area contributed by atoms with Gasteiger partial charge in [0.05, 0.1) is 6.61 Å². The van der Waals surface area contributed by atoms with E-state index < -0.39 is 0 Å². The van der Waals surface area contributed by atoms with Crippen LogP contribution in [-0.2, 0) is 6.42 Å². The second-order valence-corrected chi connectivity index (χ2v) is 6.17. The lowest BCUT2D eigenvalue weighted by molar-refractivity contribution is 0.104. The van der Waals surface area contributed by atoms with E-state index in [1.165, 1.54) is 0 Å². The molecule has 4 nitrogen and oxygen atoms in total. The average Bonchev–Trinajstić information content (AvgIpc) is 2.70. The summed E-state index contributed by atoms with van der Waals surface area (Å²) in [5, 5.41) is 13.3. The van der Waals surface area contributed by atoms with Crippen LogP contribution in [0.5, 0.6) is 11.5 Å². The summed E-state index contributed by atoms with van der Waals surface area (Å²) in [6, 6.07) is 10.8. The van der Waals surface area contributed by atoms with E-state index in [0.717, 1.165) is 23.2 Å². The minimum atomic E-state index is -0.0813. The molecule has 0 heterocycles. The van der Waals surface area contributed by atoms with Gasteiger partial charge in [0.25, 0.3) is 0 Å². The van der Waals surface area contributed by atoms with Crippen molar-refractivity contribution in [1.29, 1.82) is 0 Å². The molecule has 0 saturated carbocycles. The van der Waals surface area contributed by atoms with Crippen molar-refractivity contribution < 1.29 is 14.6 Å². The number of nitrogens with one attached hydrogen (secondary N) is 1. The average molecular weight is 365 g/mol. The van der Waals surface area contributed by atoms with Gasteiger partial charge >= 0.3 is 0 Å². The number of ketones is 1. The molecule has 2 aromatic carbocycles. The Kier molecular flexibility index (Phi) is 7.68. The van der Waals surface area contributed by atoms with Gasteiger partial charge < -0.3 is 15.2 Å². The highest BCUT2D eigenvalue weighted by atomic mass is 16.5. The van der Waals surface area contributed by atoms with Crippen LogP contribution in [0.3, 0.4) is 0 Å². The van der Waals surface area contributed by atoms with Crippen LogP contribution in [0.15, 0.2) is 54.6 Å². The predicted octanol–water partition coefficient (Wildman–Crippen LogP) is 5.24. The van der Waals surface area contributed by atoms with E-state index in [2.05, 4.69) is 5.32 Å². The third-order valence-electron chi connectivity index (χ3n) is 4.12. The van der Waals surface area contributed by atoms with E-state index in [1.807, 2.05) is 51.2 Å². The maximum Gasteiger partial charge on any atom is 0.185 e.